The van der Waals surface area contributed by atoms with E-state index in [0.29, 0.717) is 30.6 Å². The number of piperazine rings is 1. The highest BCUT2D eigenvalue weighted by Crippen LogP contribution is 2.57. The number of carbonyl (C=O) groups excluding carboxylic acids is 2. The molecule has 1 spiro atoms. The van der Waals surface area contributed by atoms with Crippen molar-refractivity contribution in [2.75, 3.05) is 51.3 Å². The van der Waals surface area contributed by atoms with E-state index in [-0.39, 0.29) is 33.7 Å². The zero-order chi connectivity index (χ0) is 31.1. The number of hydrogen-bond acceptors (Lipinski definition) is 6. The first-order valence-electron chi connectivity index (χ1n) is 14.7. The predicted molar refractivity (Wildman–Crippen MR) is 163 cm³/mol. The summed E-state index contributed by atoms with van der Waals surface area (Å²) in [7, 11) is 0. The predicted octanol–water partition coefficient (Wildman–Crippen LogP) is 4.10. The number of rotatable bonds is 8. The Morgan fingerprint density at radius 2 is 1.81 bits per heavy atom. The molecule has 0 aromatic heterocycles. The number of nitrogens with zero attached hydrogens (tertiary/aromatic N) is 2. The van der Waals surface area contributed by atoms with Gasteiger partial charge in [0.05, 0.1) is 22.8 Å². The van der Waals surface area contributed by atoms with Gasteiger partial charge in [-0.05, 0) is 54.1 Å². The molecule has 2 aromatic rings. The lowest BCUT2D eigenvalue weighted by molar-refractivity contribution is -0.123. The van der Waals surface area contributed by atoms with Crippen molar-refractivity contribution in [1.29, 1.82) is 0 Å². The van der Waals surface area contributed by atoms with Gasteiger partial charge in [-0.3, -0.25) is 14.5 Å². The Bertz CT molecular complexity index is 1380. The molecule has 3 aliphatic rings. The van der Waals surface area contributed by atoms with E-state index < -0.39 is 41.0 Å². The maximum absolute atomic E-state index is 15.9. The molecule has 3 aliphatic heterocycles. The third-order valence-electron chi connectivity index (χ3n) is 8.92. The molecule has 2 aromatic carbocycles. The standard InChI is InChI=1S/C31H39Cl2F2N5O3/c1-30(2,3)16-24-31(19-14-22(34)21(33)15-23(19)37-29(31)43)25(18-6-4-7-20(32)26(18)35)27(38-24)28(42)36-8-5-9-39-10-12-40(17-41)13-11-39/h4,6-7,14-15,24-25,27,38,41H,5,8-13,16-17H2,1-3H3,(H,36,42)(H,37,43)/t24-,25+,27-,31+/m1/s1. The van der Waals surface area contributed by atoms with Crippen LogP contribution in [0.25, 0.3) is 0 Å². The number of aliphatic hydroxyl groups excluding tert-OH is 1. The van der Waals surface area contributed by atoms with Gasteiger partial charge in [-0.25, -0.2) is 8.78 Å². The van der Waals surface area contributed by atoms with E-state index in [2.05, 4.69) is 20.9 Å². The molecule has 43 heavy (non-hydrogen) atoms. The smallest absolute Gasteiger partial charge is 0.237 e. The largest absolute Gasteiger partial charge is 0.381 e. The topological polar surface area (TPSA) is 96.9 Å². The summed E-state index contributed by atoms with van der Waals surface area (Å²) in [5.41, 5.74) is -1.04. The number of amides is 2. The number of hydrogen-bond donors (Lipinski definition) is 4. The van der Waals surface area contributed by atoms with Crippen LogP contribution in [0.3, 0.4) is 0 Å². The van der Waals surface area contributed by atoms with Crippen molar-refractivity contribution < 1.29 is 23.5 Å². The fraction of sp³-hybridized carbons (Fsp3) is 0.548. The molecule has 4 atom stereocenters. The zero-order valence-corrected chi connectivity index (χ0v) is 26.2. The highest BCUT2D eigenvalue weighted by Gasteiger charge is 2.66. The van der Waals surface area contributed by atoms with Crippen molar-refractivity contribution in [2.24, 2.45) is 5.41 Å². The van der Waals surface area contributed by atoms with Crippen LogP contribution < -0.4 is 16.0 Å². The molecule has 5 rings (SSSR count). The van der Waals surface area contributed by atoms with E-state index in [1.165, 1.54) is 18.2 Å². The number of anilines is 1. The van der Waals surface area contributed by atoms with Gasteiger partial charge in [0.25, 0.3) is 0 Å². The van der Waals surface area contributed by atoms with Crippen LogP contribution in [0.1, 0.15) is 50.7 Å². The first kappa shape index (κ1) is 32.1. The van der Waals surface area contributed by atoms with E-state index in [0.717, 1.165) is 32.7 Å². The molecule has 0 unspecified atom stereocenters. The summed E-state index contributed by atoms with van der Waals surface area (Å²) in [6.07, 6.45) is 1.13. The summed E-state index contributed by atoms with van der Waals surface area (Å²) in [6.45, 7) is 10.5. The molecule has 0 saturated carbocycles. The van der Waals surface area contributed by atoms with Crippen LogP contribution in [0.2, 0.25) is 10.0 Å². The van der Waals surface area contributed by atoms with Gasteiger partial charge in [0, 0.05) is 50.4 Å². The SMILES string of the molecule is CC(C)(C)C[C@H]1N[C@@H](C(=O)NCCCN2CCN(CO)CC2)[C@H](c2cccc(Cl)c2F)[C@@]12C(=O)Nc1cc(Cl)c(F)cc12. The summed E-state index contributed by atoms with van der Waals surface area (Å²) in [5, 5.41) is 18.3. The van der Waals surface area contributed by atoms with Crippen LogP contribution >= 0.6 is 23.2 Å². The number of fused-ring (bicyclic) bond motifs is 2. The molecule has 3 heterocycles. The van der Waals surface area contributed by atoms with Crippen molar-refractivity contribution in [1.82, 2.24) is 20.4 Å². The van der Waals surface area contributed by atoms with E-state index in [1.807, 2.05) is 25.7 Å². The number of carbonyl (C=O) groups is 2. The Morgan fingerprint density at radius 3 is 2.49 bits per heavy atom. The fourth-order valence-electron chi connectivity index (χ4n) is 6.94. The van der Waals surface area contributed by atoms with E-state index in [4.69, 9.17) is 23.2 Å². The molecule has 2 saturated heterocycles. The van der Waals surface area contributed by atoms with Crippen molar-refractivity contribution >= 4 is 40.7 Å². The van der Waals surface area contributed by atoms with Gasteiger partial charge in [0.15, 0.2) is 0 Å². The van der Waals surface area contributed by atoms with Gasteiger partial charge >= 0.3 is 0 Å². The first-order valence-corrected chi connectivity index (χ1v) is 15.5. The quantitative estimate of drug-likeness (QED) is 0.326. The monoisotopic (exact) mass is 637 g/mol. The molecular formula is C31H39Cl2F2N5O3. The first-order chi connectivity index (χ1) is 20.4. The summed E-state index contributed by atoms with van der Waals surface area (Å²) >= 11 is 12.3. The summed E-state index contributed by atoms with van der Waals surface area (Å²) in [4.78, 5) is 32.4. The Hall–Kier alpha value is -2.34. The Balaban J connectivity index is 1.50. The number of benzene rings is 2. The molecule has 8 nitrogen and oxygen atoms in total. The van der Waals surface area contributed by atoms with Crippen LogP contribution in [0, 0.1) is 17.0 Å². The van der Waals surface area contributed by atoms with Gasteiger partial charge in [-0.2, -0.15) is 0 Å². The minimum absolute atomic E-state index is 0.0482. The van der Waals surface area contributed by atoms with Crippen molar-refractivity contribution in [3.8, 4) is 0 Å². The second-order valence-electron chi connectivity index (χ2n) is 13.0. The minimum Gasteiger partial charge on any atom is -0.381 e. The molecule has 2 amide bonds. The van der Waals surface area contributed by atoms with E-state index in [1.54, 1.807) is 12.1 Å². The van der Waals surface area contributed by atoms with Crippen LogP contribution in [-0.2, 0) is 15.0 Å². The number of nitrogens with one attached hydrogen (secondary N) is 3. The lowest BCUT2D eigenvalue weighted by Crippen LogP contribution is -2.49. The summed E-state index contributed by atoms with van der Waals surface area (Å²) < 4.78 is 30.9. The number of aliphatic hydroxyl groups is 1. The Labute approximate surface area is 261 Å². The Morgan fingerprint density at radius 1 is 1.12 bits per heavy atom. The summed E-state index contributed by atoms with van der Waals surface area (Å²) in [5.74, 6) is -3.29. The normalized spacial score (nSPS) is 26.1. The van der Waals surface area contributed by atoms with Gasteiger partial charge in [-0.15, -0.1) is 0 Å². The average molecular weight is 639 g/mol. The van der Waals surface area contributed by atoms with E-state index in [9.17, 15) is 14.7 Å². The van der Waals surface area contributed by atoms with Crippen molar-refractivity contribution in [2.45, 2.75) is 57.0 Å². The fourth-order valence-corrected chi connectivity index (χ4v) is 7.29. The van der Waals surface area contributed by atoms with Crippen molar-refractivity contribution in [3.05, 3.63) is 63.1 Å². The molecular weight excluding hydrogens is 599 g/mol. The minimum atomic E-state index is -1.52. The van der Waals surface area contributed by atoms with Crippen LogP contribution in [0.4, 0.5) is 14.5 Å². The maximum atomic E-state index is 15.9. The second kappa shape index (κ2) is 12.6. The molecule has 0 bridgehead atoms. The molecule has 12 heteroatoms. The Kier molecular flexibility index (Phi) is 9.38. The lowest BCUT2D eigenvalue weighted by atomic mass is 9.62. The highest BCUT2D eigenvalue weighted by molar-refractivity contribution is 6.31. The molecule has 0 aliphatic carbocycles. The van der Waals surface area contributed by atoms with Gasteiger partial charge in [0.1, 0.15) is 17.0 Å². The zero-order valence-electron chi connectivity index (χ0n) is 24.7. The highest BCUT2D eigenvalue weighted by atomic mass is 35.5. The lowest BCUT2D eigenvalue weighted by Gasteiger charge is -2.37. The molecule has 2 fully saturated rings. The van der Waals surface area contributed by atoms with Crippen LogP contribution in [0.15, 0.2) is 30.3 Å². The second-order valence-corrected chi connectivity index (χ2v) is 13.8. The third-order valence-corrected chi connectivity index (χ3v) is 9.50. The van der Waals surface area contributed by atoms with Crippen molar-refractivity contribution in [3.63, 3.8) is 0 Å². The third kappa shape index (κ3) is 6.15. The van der Waals surface area contributed by atoms with Crippen LogP contribution in [-0.4, -0.2) is 84.8 Å². The van der Waals surface area contributed by atoms with Gasteiger partial charge < -0.3 is 26.0 Å². The molecule has 4 N–H and O–H groups in total. The maximum Gasteiger partial charge on any atom is 0.237 e. The molecule has 0 radical (unpaired) electrons. The van der Waals surface area contributed by atoms with Crippen LogP contribution in [0.5, 0.6) is 0 Å². The van der Waals surface area contributed by atoms with Gasteiger partial charge in [-0.1, -0.05) is 56.1 Å². The summed E-state index contributed by atoms with van der Waals surface area (Å²) in [6, 6.07) is 5.50. The van der Waals surface area contributed by atoms with E-state index >= 15 is 8.78 Å². The number of halogens is 4. The van der Waals surface area contributed by atoms with Gasteiger partial charge in [0.2, 0.25) is 11.8 Å². The molecule has 234 valence electrons. The average Bonchev–Trinajstić information content (AvgIpc) is 3.42.